The summed E-state index contributed by atoms with van der Waals surface area (Å²) in [7, 11) is 2.10. The maximum atomic E-state index is 4.21. The summed E-state index contributed by atoms with van der Waals surface area (Å²) in [6.07, 6.45) is 3.52. The minimum absolute atomic E-state index is 0.406. The van der Waals surface area contributed by atoms with Crippen molar-refractivity contribution < 1.29 is 0 Å². The highest BCUT2D eigenvalue weighted by Crippen LogP contribution is 2.01. The average Bonchev–Trinajstić information content (AvgIpc) is 1.77. The van der Waals surface area contributed by atoms with Gasteiger partial charge in [0.25, 0.3) is 0 Å². The Hall–Kier alpha value is -0.370. The molecule has 1 heterocycles. The molecule has 0 radical (unpaired) electrons. The first kappa shape index (κ1) is 5.76. The Morgan fingerprint density at radius 3 is 2.88 bits per heavy atom. The van der Waals surface area contributed by atoms with E-state index in [2.05, 4.69) is 23.9 Å². The largest absolute Gasteiger partial charge is 0.285 e. The summed E-state index contributed by atoms with van der Waals surface area (Å²) < 4.78 is 0. The molecule has 0 aromatic heterocycles. The number of nitrogens with zero attached hydrogens (tertiary/aromatic N) is 2. The summed E-state index contributed by atoms with van der Waals surface area (Å²) in [6, 6.07) is 0. The lowest BCUT2D eigenvalue weighted by atomic mass is 10.3. The second kappa shape index (κ2) is 2.27. The maximum absolute atomic E-state index is 4.21. The minimum atomic E-state index is 0.406. The van der Waals surface area contributed by atoms with Crippen molar-refractivity contribution in [2.45, 2.75) is 19.5 Å². The van der Waals surface area contributed by atoms with Crippen LogP contribution in [-0.4, -0.2) is 30.9 Å². The van der Waals surface area contributed by atoms with E-state index in [0.29, 0.717) is 6.17 Å². The van der Waals surface area contributed by atoms with Gasteiger partial charge in [0.05, 0.1) is 6.17 Å². The Morgan fingerprint density at radius 2 is 2.50 bits per heavy atom. The van der Waals surface area contributed by atoms with Gasteiger partial charge in [-0.1, -0.05) is 0 Å². The SMILES string of the molecule is CC1N=CCCN1C. The summed E-state index contributed by atoms with van der Waals surface area (Å²) in [4.78, 5) is 6.45. The van der Waals surface area contributed by atoms with E-state index in [4.69, 9.17) is 0 Å². The van der Waals surface area contributed by atoms with Gasteiger partial charge in [0.2, 0.25) is 0 Å². The van der Waals surface area contributed by atoms with Crippen LogP contribution >= 0.6 is 0 Å². The van der Waals surface area contributed by atoms with Gasteiger partial charge in [-0.25, -0.2) is 0 Å². The number of hydrogen-bond acceptors (Lipinski definition) is 2. The van der Waals surface area contributed by atoms with Gasteiger partial charge in [0.1, 0.15) is 0 Å². The Morgan fingerprint density at radius 1 is 1.75 bits per heavy atom. The lowest BCUT2D eigenvalue weighted by molar-refractivity contribution is 0.263. The molecular formula is C6H12N2. The van der Waals surface area contributed by atoms with Gasteiger partial charge in [0.15, 0.2) is 0 Å². The van der Waals surface area contributed by atoms with Crippen LogP contribution in [0.2, 0.25) is 0 Å². The monoisotopic (exact) mass is 112 g/mol. The van der Waals surface area contributed by atoms with Crippen molar-refractivity contribution in [1.29, 1.82) is 0 Å². The maximum Gasteiger partial charge on any atom is 0.0984 e. The molecule has 0 bridgehead atoms. The third-order valence-corrected chi connectivity index (χ3v) is 1.57. The van der Waals surface area contributed by atoms with Gasteiger partial charge in [-0.2, -0.15) is 0 Å². The summed E-state index contributed by atoms with van der Waals surface area (Å²) in [5.74, 6) is 0. The first-order chi connectivity index (χ1) is 3.80. The van der Waals surface area contributed by atoms with E-state index in [1.54, 1.807) is 0 Å². The lowest BCUT2D eigenvalue weighted by Crippen LogP contribution is -2.31. The molecular weight excluding hydrogens is 100 g/mol. The third-order valence-electron chi connectivity index (χ3n) is 1.57. The fourth-order valence-electron chi connectivity index (χ4n) is 0.789. The van der Waals surface area contributed by atoms with Crippen LogP contribution in [0.15, 0.2) is 4.99 Å². The number of aliphatic imine (C=N–C) groups is 1. The van der Waals surface area contributed by atoms with E-state index in [-0.39, 0.29) is 0 Å². The molecule has 46 valence electrons. The summed E-state index contributed by atoms with van der Waals surface area (Å²) in [6.45, 7) is 3.26. The summed E-state index contributed by atoms with van der Waals surface area (Å²) in [5, 5.41) is 0. The molecule has 1 aliphatic heterocycles. The van der Waals surface area contributed by atoms with Crippen molar-refractivity contribution in [3.63, 3.8) is 0 Å². The lowest BCUT2D eigenvalue weighted by Gasteiger charge is -2.23. The molecule has 0 saturated heterocycles. The molecule has 0 amide bonds. The van der Waals surface area contributed by atoms with E-state index in [1.807, 2.05) is 6.21 Å². The third kappa shape index (κ3) is 1.07. The zero-order valence-corrected chi connectivity index (χ0v) is 5.46. The van der Waals surface area contributed by atoms with Crippen molar-refractivity contribution in [3.05, 3.63) is 0 Å². The highest BCUT2D eigenvalue weighted by atomic mass is 15.2. The fraction of sp³-hybridized carbons (Fsp3) is 0.833. The topological polar surface area (TPSA) is 15.6 Å². The van der Waals surface area contributed by atoms with Crippen LogP contribution in [0, 0.1) is 0 Å². The van der Waals surface area contributed by atoms with E-state index in [9.17, 15) is 0 Å². The molecule has 1 atom stereocenters. The molecule has 0 spiro atoms. The zero-order chi connectivity index (χ0) is 5.98. The van der Waals surface area contributed by atoms with Gasteiger partial charge >= 0.3 is 0 Å². The first-order valence-electron chi connectivity index (χ1n) is 3.02. The Balaban J connectivity index is 2.47. The normalized spacial score (nSPS) is 31.0. The van der Waals surface area contributed by atoms with Gasteiger partial charge in [-0.05, 0) is 20.4 Å². The predicted molar refractivity (Wildman–Crippen MR) is 35.2 cm³/mol. The molecule has 0 aromatic rings. The van der Waals surface area contributed by atoms with Crippen molar-refractivity contribution in [2.75, 3.05) is 13.6 Å². The van der Waals surface area contributed by atoms with Gasteiger partial charge in [0, 0.05) is 12.8 Å². The van der Waals surface area contributed by atoms with Crippen LogP contribution in [0.3, 0.4) is 0 Å². The fourth-order valence-corrected chi connectivity index (χ4v) is 0.789. The first-order valence-corrected chi connectivity index (χ1v) is 3.02. The van der Waals surface area contributed by atoms with Crippen molar-refractivity contribution >= 4 is 6.21 Å². The minimum Gasteiger partial charge on any atom is -0.285 e. The van der Waals surface area contributed by atoms with Crippen molar-refractivity contribution in [3.8, 4) is 0 Å². The Kier molecular flexibility index (Phi) is 1.63. The highest BCUT2D eigenvalue weighted by molar-refractivity contribution is 5.58. The smallest absolute Gasteiger partial charge is 0.0984 e. The molecule has 1 rings (SSSR count). The molecule has 0 saturated carbocycles. The molecule has 2 nitrogen and oxygen atoms in total. The summed E-state index contributed by atoms with van der Waals surface area (Å²) in [5.41, 5.74) is 0. The van der Waals surface area contributed by atoms with Gasteiger partial charge in [-0.3, -0.25) is 9.89 Å². The average molecular weight is 112 g/mol. The number of rotatable bonds is 0. The Bertz CT molecular complexity index is 98.7. The van der Waals surface area contributed by atoms with Crippen molar-refractivity contribution in [2.24, 2.45) is 4.99 Å². The molecule has 1 aliphatic rings. The standard InChI is InChI=1S/C6H12N2/c1-6-7-4-3-5-8(6)2/h4,6H,3,5H2,1-2H3. The van der Waals surface area contributed by atoms with Crippen LogP contribution in [0.1, 0.15) is 13.3 Å². The van der Waals surface area contributed by atoms with Gasteiger partial charge < -0.3 is 0 Å². The molecule has 1 unspecified atom stereocenters. The van der Waals surface area contributed by atoms with Crippen LogP contribution in [0.5, 0.6) is 0 Å². The van der Waals surface area contributed by atoms with Gasteiger partial charge in [-0.15, -0.1) is 0 Å². The van der Waals surface area contributed by atoms with Crippen molar-refractivity contribution in [1.82, 2.24) is 4.90 Å². The van der Waals surface area contributed by atoms with Crippen LogP contribution in [0.4, 0.5) is 0 Å². The Labute approximate surface area is 50.2 Å². The van der Waals surface area contributed by atoms with E-state index >= 15 is 0 Å². The molecule has 0 aromatic carbocycles. The van der Waals surface area contributed by atoms with E-state index < -0.39 is 0 Å². The molecule has 0 N–H and O–H groups in total. The van der Waals surface area contributed by atoms with E-state index in [1.165, 1.54) is 0 Å². The molecule has 0 fully saturated rings. The van der Waals surface area contributed by atoms with Crippen LogP contribution in [0.25, 0.3) is 0 Å². The summed E-state index contributed by atoms with van der Waals surface area (Å²) >= 11 is 0. The van der Waals surface area contributed by atoms with E-state index in [0.717, 1.165) is 13.0 Å². The highest BCUT2D eigenvalue weighted by Gasteiger charge is 2.07. The van der Waals surface area contributed by atoms with Crippen LogP contribution < -0.4 is 0 Å². The quantitative estimate of drug-likeness (QED) is 0.451. The number of hydrogen-bond donors (Lipinski definition) is 0. The second-order valence-corrected chi connectivity index (χ2v) is 2.23. The molecule has 2 heteroatoms. The molecule has 8 heavy (non-hydrogen) atoms. The predicted octanol–water partition coefficient (Wildman–Crippen LogP) is 0.739. The zero-order valence-electron chi connectivity index (χ0n) is 5.46. The second-order valence-electron chi connectivity index (χ2n) is 2.23. The molecule has 0 aliphatic carbocycles. The van der Waals surface area contributed by atoms with Crippen LogP contribution in [-0.2, 0) is 0 Å².